The van der Waals surface area contributed by atoms with Gasteiger partial charge in [-0.05, 0) is 30.9 Å². The lowest BCUT2D eigenvalue weighted by atomic mass is 10.0. The molecule has 2 rings (SSSR count). The minimum absolute atomic E-state index is 0.222. The van der Waals surface area contributed by atoms with Crippen LogP contribution in [0.25, 0.3) is 0 Å². The second-order valence-corrected chi connectivity index (χ2v) is 4.17. The van der Waals surface area contributed by atoms with Crippen LogP contribution in [0.2, 0.25) is 0 Å². The predicted molar refractivity (Wildman–Crippen MR) is 62.4 cm³/mol. The van der Waals surface area contributed by atoms with Gasteiger partial charge in [-0.3, -0.25) is 0 Å². The van der Waals surface area contributed by atoms with Gasteiger partial charge in [0.1, 0.15) is 11.3 Å². The number of carboxylic acids is 1. The molecule has 1 aromatic carbocycles. The largest absolute Gasteiger partial charge is 0.492 e. The summed E-state index contributed by atoms with van der Waals surface area (Å²) in [6, 6.07) is 6.74. The van der Waals surface area contributed by atoms with Crippen LogP contribution >= 0.6 is 0 Å². The van der Waals surface area contributed by atoms with E-state index in [1.807, 2.05) is 0 Å². The summed E-state index contributed by atoms with van der Waals surface area (Å²) in [5.41, 5.74) is 0.222. The van der Waals surface area contributed by atoms with Crippen molar-refractivity contribution >= 4 is 5.97 Å². The fourth-order valence-corrected chi connectivity index (χ4v) is 1.89. The Bertz CT molecular complexity index is 383. The minimum Gasteiger partial charge on any atom is -0.492 e. The molecule has 1 aromatic rings. The number of para-hydroxylation sites is 1. The van der Waals surface area contributed by atoms with Gasteiger partial charge >= 0.3 is 5.97 Å². The Kier molecular flexibility index (Phi) is 3.98. The van der Waals surface area contributed by atoms with Gasteiger partial charge in [-0.2, -0.15) is 0 Å². The molecule has 0 spiro atoms. The van der Waals surface area contributed by atoms with Crippen LogP contribution in [0, 0.1) is 5.92 Å². The van der Waals surface area contributed by atoms with Gasteiger partial charge < -0.3 is 14.6 Å². The summed E-state index contributed by atoms with van der Waals surface area (Å²) in [6.07, 6.45) is 1.96. The van der Waals surface area contributed by atoms with Crippen LogP contribution in [0.5, 0.6) is 5.75 Å². The second kappa shape index (κ2) is 5.68. The summed E-state index contributed by atoms with van der Waals surface area (Å²) in [7, 11) is 0. The maximum atomic E-state index is 11.0. The summed E-state index contributed by atoms with van der Waals surface area (Å²) >= 11 is 0. The Labute approximate surface area is 100 Å². The van der Waals surface area contributed by atoms with E-state index in [0.29, 0.717) is 18.3 Å². The average molecular weight is 236 g/mol. The van der Waals surface area contributed by atoms with Gasteiger partial charge in [0.15, 0.2) is 0 Å². The monoisotopic (exact) mass is 236 g/mol. The number of rotatable bonds is 4. The number of hydrogen-bond donors (Lipinski definition) is 1. The maximum absolute atomic E-state index is 11.0. The Balaban J connectivity index is 1.96. The van der Waals surface area contributed by atoms with E-state index in [9.17, 15) is 4.79 Å². The number of ether oxygens (including phenoxy) is 2. The maximum Gasteiger partial charge on any atom is 0.339 e. The number of carbonyl (C=O) groups is 1. The first-order valence-electron chi connectivity index (χ1n) is 5.80. The van der Waals surface area contributed by atoms with Crippen molar-refractivity contribution < 1.29 is 19.4 Å². The lowest BCUT2D eigenvalue weighted by Crippen LogP contribution is -2.21. The van der Waals surface area contributed by atoms with Crippen molar-refractivity contribution in [1.29, 1.82) is 0 Å². The molecule has 1 fully saturated rings. The molecule has 1 heterocycles. The first-order chi connectivity index (χ1) is 8.27. The molecule has 1 saturated heterocycles. The topological polar surface area (TPSA) is 55.8 Å². The molecule has 1 N–H and O–H groups in total. The van der Waals surface area contributed by atoms with Gasteiger partial charge in [0.05, 0.1) is 6.61 Å². The predicted octanol–water partition coefficient (Wildman–Crippen LogP) is 2.19. The molecule has 17 heavy (non-hydrogen) atoms. The Hall–Kier alpha value is -1.55. The van der Waals surface area contributed by atoms with Crippen LogP contribution in [-0.4, -0.2) is 30.9 Å². The molecule has 0 bridgehead atoms. The van der Waals surface area contributed by atoms with Gasteiger partial charge in [-0.15, -0.1) is 0 Å². The van der Waals surface area contributed by atoms with Gasteiger partial charge in [0.2, 0.25) is 0 Å². The van der Waals surface area contributed by atoms with Crippen LogP contribution in [0.1, 0.15) is 23.2 Å². The normalized spacial score (nSPS) is 16.7. The summed E-state index contributed by atoms with van der Waals surface area (Å²) in [5, 5.41) is 9.00. The van der Waals surface area contributed by atoms with Crippen LogP contribution in [0.15, 0.2) is 24.3 Å². The highest BCUT2D eigenvalue weighted by Gasteiger charge is 2.16. The SMILES string of the molecule is O=C(O)c1ccccc1OCC1CCOCC1. The molecule has 1 aliphatic rings. The van der Waals surface area contributed by atoms with Crippen LogP contribution in [-0.2, 0) is 4.74 Å². The lowest BCUT2D eigenvalue weighted by molar-refractivity contribution is 0.0490. The number of aromatic carboxylic acids is 1. The molecule has 4 heteroatoms. The molecular formula is C13H16O4. The van der Waals surface area contributed by atoms with E-state index in [1.54, 1.807) is 24.3 Å². The Morgan fingerprint density at radius 1 is 1.35 bits per heavy atom. The van der Waals surface area contributed by atoms with Crippen molar-refractivity contribution in [3.8, 4) is 5.75 Å². The van der Waals surface area contributed by atoms with Gasteiger partial charge in [0, 0.05) is 13.2 Å². The van der Waals surface area contributed by atoms with E-state index >= 15 is 0 Å². The van der Waals surface area contributed by atoms with Crippen LogP contribution in [0.3, 0.4) is 0 Å². The summed E-state index contributed by atoms with van der Waals surface area (Å²) in [6.45, 7) is 2.11. The number of carboxylic acid groups (broad SMARTS) is 1. The molecule has 0 saturated carbocycles. The van der Waals surface area contributed by atoms with Gasteiger partial charge in [-0.25, -0.2) is 4.79 Å². The first kappa shape index (κ1) is 11.9. The standard InChI is InChI=1S/C13H16O4/c14-13(15)11-3-1-2-4-12(11)17-9-10-5-7-16-8-6-10/h1-4,10H,5-9H2,(H,14,15). The Morgan fingerprint density at radius 3 is 2.76 bits per heavy atom. The van der Waals surface area contributed by atoms with Crippen LogP contribution < -0.4 is 4.74 Å². The third kappa shape index (κ3) is 3.20. The van der Waals surface area contributed by atoms with E-state index in [2.05, 4.69) is 0 Å². The highest BCUT2D eigenvalue weighted by atomic mass is 16.5. The quantitative estimate of drug-likeness (QED) is 0.870. The third-order valence-corrected chi connectivity index (χ3v) is 2.93. The number of benzene rings is 1. The van der Waals surface area contributed by atoms with Crippen molar-refractivity contribution in [2.45, 2.75) is 12.8 Å². The molecule has 0 atom stereocenters. The molecule has 92 valence electrons. The van der Waals surface area contributed by atoms with Crippen molar-refractivity contribution in [3.05, 3.63) is 29.8 Å². The Morgan fingerprint density at radius 2 is 2.06 bits per heavy atom. The zero-order valence-corrected chi connectivity index (χ0v) is 9.59. The van der Waals surface area contributed by atoms with E-state index in [4.69, 9.17) is 14.6 Å². The van der Waals surface area contributed by atoms with E-state index in [1.165, 1.54) is 0 Å². The van der Waals surface area contributed by atoms with Crippen molar-refractivity contribution in [1.82, 2.24) is 0 Å². The van der Waals surface area contributed by atoms with Crippen molar-refractivity contribution in [3.63, 3.8) is 0 Å². The molecule has 0 aromatic heterocycles. The highest BCUT2D eigenvalue weighted by Crippen LogP contribution is 2.21. The van der Waals surface area contributed by atoms with Crippen molar-refractivity contribution in [2.24, 2.45) is 5.92 Å². The fourth-order valence-electron chi connectivity index (χ4n) is 1.89. The van der Waals surface area contributed by atoms with Gasteiger partial charge in [0.25, 0.3) is 0 Å². The molecule has 0 unspecified atom stereocenters. The van der Waals surface area contributed by atoms with Crippen molar-refractivity contribution in [2.75, 3.05) is 19.8 Å². The number of hydrogen-bond acceptors (Lipinski definition) is 3. The molecule has 1 aliphatic heterocycles. The first-order valence-corrected chi connectivity index (χ1v) is 5.80. The molecular weight excluding hydrogens is 220 g/mol. The third-order valence-electron chi connectivity index (χ3n) is 2.93. The molecule has 0 aliphatic carbocycles. The lowest BCUT2D eigenvalue weighted by Gasteiger charge is -2.22. The van der Waals surface area contributed by atoms with Gasteiger partial charge in [-0.1, -0.05) is 12.1 Å². The summed E-state index contributed by atoms with van der Waals surface area (Å²) in [4.78, 5) is 11.0. The zero-order valence-electron chi connectivity index (χ0n) is 9.59. The zero-order chi connectivity index (χ0) is 12.1. The summed E-state index contributed by atoms with van der Waals surface area (Å²) < 4.78 is 10.9. The molecule has 0 radical (unpaired) electrons. The van der Waals surface area contributed by atoms with Crippen LogP contribution in [0.4, 0.5) is 0 Å². The minimum atomic E-state index is -0.951. The molecule has 4 nitrogen and oxygen atoms in total. The van der Waals surface area contributed by atoms with E-state index in [-0.39, 0.29) is 5.56 Å². The van der Waals surface area contributed by atoms with E-state index in [0.717, 1.165) is 26.1 Å². The highest BCUT2D eigenvalue weighted by molar-refractivity contribution is 5.90. The fraction of sp³-hybridized carbons (Fsp3) is 0.462. The smallest absolute Gasteiger partial charge is 0.339 e. The average Bonchev–Trinajstić information content (AvgIpc) is 2.38. The van der Waals surface area contributed by atoms with E-state index < -0.39 is 5.97 Å². The molecule has 0 amide bonds. The summed E-state index contributed by atoms with van der Waals surface area (Å²) in [5.74, 6) is -0.0373. The second-order valence-electron chi connectivity index (χ2n) is 4.17.